The molecule has 3 rings (SSSR count). The molecule has 3 heteroatoms. The Morgan fingerprint density at radius 1 is 1.31 bits per heavy atom. The highest BCUT2D eigenvalue weighted by Crippen LogP contribution is 2.36. The van der Waals surface area contributed by atoms with Gasteiger partial charge in [0, 0.05) is 13.0 Å². The number of nitrogens with zero attached hydrogens (tertiary/aromatic N) is 1. The van der Waals surface area contributed by atoms with Gasteiger partial charge in [0.1, 0.15) is 5.75 Å². The highest BCUT2D eigenvalue weighted by molar-refractivity contribution is 5.41. The molecule has 0 amide bonds. The summed E-state index contributed by atoms with van der Waals surface area (Å²) < 4.78 is 11.1. The van der Waals surface area contributed by atoms with E-state index >= 15 is 0 Å². The van der Waals surface area contributed by atoms with Gasteiger partial charge in [0.2, 0.25) is 0 Å². The maximum atomic E-state index is 9.04. The summed E-state index contributed by atoms with van der Waals surface area (Å²) in [6.45, 7) is 1.46. The van der Waals surface area contributed by atoms with Crippen molar-refractivity contribution in [2.75, 3.05) is 13.2 Å². The molecule has 0 aromatic heterocycles. The Morgan fingerprint density at radius 2 is 2.25 bits per heavy atom. The monoisotopic (exact) mass is 215 g/mol. The molecule has 0 aliphatic carbocycles. The first-order valence-electron chi connectivity index (χ1n) is 5.65. The topological polar surface area (TPSA) is 42.2 Å². The second-order valence-corrected chi connectivity index (χ2v) is 4.28. The van der Waals surface area contributed by atoms with E-state index < -0.39 is 0 Å². The molecule has 0 saturated carbocycles. The standard InChI is InChI=1S/C13H13NO2/c14-8-11-4-6-16-13(11)10-1-2-12-9(7-10)3-5-15-12/h1-2,7,11,13H,3-6H2. The van der Waals surface area contributed by atoms with Gasteiger partial charge in [0.25, 0.3) is 0 Å². The van der Waals surface area contributed by atoms with Crippen LogP contribution in [-0.4, -0.2) is 13.2 Å². The van der Waals surface area contributed by atoms with Crippen LogP contribution < -0.4 is 4.74 Å². The number of hydrogen-bond acceptors (Lipinski definition) is 3. The fourth-order valence-electron chi connectivity index (χ4n) is 2.43. The van der Waals surface area contributed by atoms with Crippen molar-refractivity contribution < 1.29 is 9.47 Å². The van der Waals surface area contributed by atoms with Crippen molar-refractivity contribution in [3.05, 3.63) is 29.3 Å². The second kappa shape index (κ2) is 3.80. The predicted octanol–water partition coefficient (Wildman–Crippen LogP) is 2.22. The van der Waals surface area contributed by atoms with Crippen LogP contribution in [0.25, 0.3) is 0 Å². The van der Waals surface area contributed by atoms with Crippen molar-refractivity contribution in [1.29, 1.82) is 5.26 Å². The smallest absolute Gasteiger partial charge is 0.122 e. The number of rotatable bonds is 1. The zero-order chi connectivity index (χ0) is 11.0. The van der Waals surface area contributed by atoms with E-state index in [2.05, 4.69) is 12.1 Å². The lowest BCUT2D eigenvalue weighted by atomic mass is 9.95. The average Bonchev–Trinajstić information content (AvgIpc) is 2.96. The van der Waals surface area contributed by atoms with E-state index in [0.717, 1.165) is 30.8 Å². The molecule has 82 valence electrons. The van der Waals surface area contributed by atoms with Crippen LogP contribution in [0.4, 0.5) is 0 Å². The minimum Gasteiger partial charge on any atom is -0.493 e. The number of benzene rings is 1. The maximum absolute atomic E-state index is 9.04. The van der Waals surface area contributed by atoms with Crippen LogP contribution in [0, 0.1) is 17.2 Å². The molecule has 0 spiro atoms. The molecule has 0 N–H and O–H groups in total. The first-order valence-corrected chi connectivity index (χ1v) is 5.65. The zero-order valence-electron chi connectivity index (χ0n) is 8.98. The summed E-state index contributed by atoms with van der Waals surface area (Å²) in [5.74, 6) is 0.982. The van der Waals surface area contributed by atoms with Crippen molar-refractivity contribution in [2.24, 2.45) is 5.92 Å². The molecule has 2 heterocycles. The third-order valence-corrected chi connectivity index (χ3v) is 3.30. The van der Waals surface area contributed by atoms with Crippen LogP contribution in [0.2, 0.25) is 0 Å². The lowest BCUT2D eigenvalue weighted by molar-refractivity contribution is 0.101. The molecule has 1 aromatic rings. The van der Waals surface area contributed by atoms with Crippen molar-refractivity contribution in [3.8, 4) is 11.8 Å². The Balaban J connectivity index is 1.92. The van der Waals surface area contributed by atoms with Gasteiger partial charge in [-0.05, 0) is 29.7 Å². The van der Waals surface area contributed by atoms with E-state index in [9.17, 15) is 0 Å². The second-order valence-electron chi connectivity index (χ2n) is 4.28. The van der Waals surface area contributed by atoms with Crippen LogP contribution >= 0.6 is 0 Å². The van der Waals surface area contributed by atoms with Crippen molar-refractivity contribution in [3.63, 3.8) is 0 Å². The molecule has 2 unspecified atom stereocenters. The zero-order valence-corrected chi connectivity index (χ0v) is 8.98. The minimum atomic E-state index is -0.0455. The molecule has 2 aliphatic heterocycles. The Hall–Kier alpha value is -1.53. The molecular weight excluding hydrogens is 202 g/mol. The van der Waals surface area contributed by atoms with Crippen molar-refractivity contribution in [1.82, 2.24) is 0 Å². The predicted molar refractivity (Wildman–Crippen MR) is 58.1 cm³/mol. The molecular formula is C13H13NO2. The van der Waals surface area contributed by atoms with Crippen LogP contribution in [0.15, 0.2) is 18.2 Å². The Labute approximate surface area is 94.6 Å². The van der Waals surface area contributed by atoms with E-state index in [4.69, 9.17) is 14.7 Å². The van der Waals surface area contributed by atoms with Gasteiger partial charge in [0.05, 0.1) is 24.7 Å². The Bertz CT molecular complexity index is 450. The van der Waals surface area contributed by atoms with Crippen LogP contribution in [0.5, 0.6) is 5.75 Å². The Morgan fingerprint density at radius 3 is 3.12 bits per heavy atom. The minimum absolute atomic E-state index is 0.000344. The molecule has 1 aromatic carbocycles. The first-order chi connectivity index (χ1) is 7.88. The summed E-state index contributed by atoms with van der Waals surface area (Å²) in [6.07, 6.45) is 1.76. The summed E-state index contributed by atoms with van der Waals surface area (Å²) in [5, 5.41) is 9.04. The SMILES string of the molecule is N#CC1CCOC1c1ccc2c(c1)CCO2. The van der Waals surface area contributed by atoms with Gasteiger partial charge in [0.15, 0.2) is 0 Å². The molecule has 1 saturated heterocycles. The van der Waals surface area contributed by atoms with E-state index in [0.29, 0.717) is 6.61 Å². The third kappa shape index (κ3) is 1.46. The van der Waals surface area contributed by atoms with Crippen LogP contribution in [0.1, 0.15) is 23.7 Å². The third-order valence-electron chi connectivity index (χ3n) is 3.30. The number of nitriles is 1. The largest absolute Gasteiger partial charge is 0.493 e. The van der Waals surface area contributed by atoms with E-state index in [-0.39, 0.29) is 12.0 Å². The van der Waals surface area contributed by atoms with Crippen LogP contribution in [0.3, 0.4) is 0 Å². The quantitative estimate of drug-likeness (QED) is 0.721. The van der Waals surface area contributed by atoms with Gasteiger partial charge in [-0.1, -0.05) is 6.07 Å². The fraction of sp³-hybridized carbons (Fsp3) is 0.462. The molecule has 2 atom stereocenters. The summed E-state index contributed by atoms with van der Waals surface area (Å²) in [7, 11) is 0. The molecule has 1 fully saturated rings. The van der Waals surface area contributed by atoms with Gasteiger partial charge < -0.3 is 9.47 Å². The number of ether oxygens (including phenoxy) is 2. The van der Waals surface area contributed by atoms with E-state index in [1.54, 1.807) is 0 Å². The number of fused-ring (bicyclic) bond motifs is 1. The van der Waals surface area contributed by atoms with Crippen LogP contribution in [-0.2, 0) is 11.2 Å². The highest BCUT2D eigenvalue weighted by atomic mass is 16.5. The normalized spacial score (nSPS) is 27.2. The van der Waals surface area contributed by atoms with E-state index in [1.807, 2.05) is 12.1 Å². The van der Waals surface area contributed by atoms with Gasteiger partial charge in [-0.25, -0.2) is 0 Å². The number of hydrogen-bond donors (Lipinski definition) is 0. The van der Waals surface area contributed by atoms with Gasteiger partial charge >= 0.3 is 0 Å². The van der Waals surface area contributed by atoms with E-state index in [1.165, 1.54) is 5.56 Å². The highest BCUT2D eigenvalue weighted by Gasteiger charge is 2.30. The van der Waals surface area contributed by atoms with Gasteiger partial charge in [-0.2, -0.15) is 5.26 Å². The molecule has 0 radical (unpaired) electrons. The van der Waals surface area contributed by atoms with Crippen molar-refractivity contribution in [2.45, 2.75) is 18.9 Å². The first kappa shape index (κ1) is 9.68. The molecule has 3 nitrogen and oxygen atoms in total. The summed E-state index contributed by atoms with van der Waals surface area (Å²) in [4.78, 5) is 0. The molecule has 16 heavy (non-hydrogen) atoms. The summed E-state index contributed by atoms with van der Waals surface area (Å²) in [5.41, 5.74) is 2.36. The molecule has 2 aliphatic rings. The fourth-order valence-corrected chi connectivity index (χ4v) is 2.43. The lowest BCUT2D eigenvalue weighted by Crippen LogP contribution is -2.05. The van der Waals surface area contributed by atoms with Gasteiger partial charge in [-0.3, -0.25) is 0 Å². The Kier molecular flexibility index (Phi) is 2.30. The van der Waals surface area contributed by atoms with Crippen molar-refractivity contribution >= 4 is 0 Å². The van der Waals surface area contributed by atoms with Gasteiger partial charge in [-0.15, -0.1) is 0 Å². The summed E-state index contributed by atoms with van der Waals surface area (Å²) >= 11 is 0. The summed E-state index contributed by atoms with van der Waals surface area (Å²) in [6, 6.07) is 8.46. The maximum Gasteiger partial charge on any atom is 0.122 e. The lowest BCUT2D eigenvalue weighted by Gasteiger charge is -2.14. The molecule has 0 bridgehead atoms. The average molecular weight is 215 g/mol.